The van der Waals surface area contributed by atoms with Crippen molar-refractivity contribution in [3.63, 3.8) is 0 Å². The molecule has 0 radical (unpaired) electrons. The van der Waals surface area contributed by atoms with E-state index in [1.807, 2.05) is 24.3 Å². The predicted octanol–water partition coefficient (Wildman–Crippen LogP) is 3.38. The Balaban J connectivity index is 1.80. The summed E-state index contributed by atoms with van der Waals surface area (Å²) in [5, 5.41) is 10.0. The summed E-state index contributed by atoms with van der Waals surface area (Å²) >= 11 is 0. The summed E-state index contributed by atoms with van der Waals surface area (Å²) in [5.41, 5.74) is 2.17. The molecule has 1 fully saturated rings. The second kappa shape index (κ2) is 6.18. The molecular weight excluding hydrogens is 212 g/mol. The van der Waals surface area contributed by atoms with E-state index in [1.165, 1.54) is 24.8 Å². The average Bonchev–Trinajstić information content (AvgIpc) is 2.38. The zero-order valence-electron chi connectivity index (χ0n) is 10.6. The molecule has 0 spiro atoms. The van der Waals surface area contributed by atoms with Gasteiger partial charge in [-0.1, -0.05) is 49.1 Å². The standard InChI is InChI=1S/C15H22O2/c1-12-7-9-13(10-8-12)15(16)11-17-14-5-3-2-4-6-14/h7-10,14-16H,2-6,11H2,1H3. The summed E-state index contributed by atoms with van der Waals surface area (Å²) in [5.74, 6) is 0. The van der Waals surface area contributed by atoms with Crippen LogP contribution in [0.4, 0.5) is 0 Å². The summed E-state index contributed by atoms with van der Waals surface area (Å²) in [6.45, 7) is 2.47. The molecule has 1 unspecified atom stereocenters. The molecule has 0 heterocycles. The fraction of sp³-hybridized carbons (Fsp3) is 0.600. The first-order valence-electron chi connectivity index (χ1n) is 6.62. The normalized spacial score (nSPS) is 19.2. The molecule has 1 aromatic carbocycles. The maximum Gasteiger partial charge on any atom is 0.102 e. The third-order valence-corrected chi connectivity index (χ3v) is 3.50. The Bertz CT molecular complexity index is 325. The van der Waals surface area contributed by atoms with Crippen LogP contribution in [0.25, 0.3) is 0 Å². The monoisotopic (exact) mass is 234 g/mol. The molecule has 1 aliphatic rings. The molecule has 17 heavy (non-hydrogen) atoms. The number of aliphatic hydroxyl groups is 1. The van der Waals surface area contributed by atoms with Crippen LogP contribution in [0.2, 0.25) is 0 Å². The van der Waals surface area contributed by atoms with Gasteiger partial charge in [-0.3, -0.25) is 0 Å². The molecule has 0 bridgehead atoms. The summed E-state index contributed by atoms with van der Waals surface area (Å²) in [4.78, 5) is 0. The summed E-state index contributed by atoms with van der Waals surface area (Å²) in [6, 6.07) is 8.01. The fourth-order valence-corrected chi connectivity index (χ4v) is 2.34. The van der Waals surface area contributed by atoms with Crippen molar-refractivity contribution in [1.82, 2.24) is 0 Å². The zero-order chi connectivity index (χ0) is 12.1. The highest BCUT2D eigenvalue weighted by Gasteiger charge is 2.16. The van der Waals surface area contributed by atoms with Crippen molar-refractivity contribution in [2.75, 3.05) is 6.61 Å². The van der Waals surface area contributed by atoms with Crippen molar-refractivity contribution < 1.29 is 9.84 Å². The second-order valence-corrected chi connectivity index (χ2v) is 5.02. The van der Waals surface area contributed by atoms with E-state index < -0.39 is 6.10 Å². The summed E-state index contributed by atoms with van der Waals surface area (Å²) < 4.78 is 5.78. The van der Waals surface area contributed by atoms with Crippen LogP contribution in [0, 0.1) is 6.92 Å². The highest BCUT2D eigenvalue weighted by Crippen LogP contribution is 2.22. The Morgan fingerprint density at radius 1 is 1.18 bits per heavy atom. The molecule has 0 aliphatic heterocycles. The molecule has 0 saturated heterocycles. The fourth-order valence-electron chi connectivity index (χ4n) is 2.34. The minimum atomic E-state index is -0.488. The van der Waals surface area contributed by atoms with Gasteiger partial charge in [0, 0.05) is 0 Å². The minimum absolute atomic E-state index is 0.365. The van der Waals surface area contributed by atoms with Gasteiger partial charge >= 0.3 is 0 Å². The lowest BCUT2D eigenvalue weighted by atomic mass is 9.98. The van der Waals surface area contributed by atoms with E-state index in [1.54, 1.807) is 0 Å². The Kier molecular flexibility index (Phi) is 4.57. The van der Waals surface area contributed by atoms with Crippen LogP contribution in [0.15, 0.2) is 24.3 Å². The number of hydrogen-bond donors (Lipinski definition) is 1. The van der Waals surface area contributed by atoms with Crippen LogP contribution in [-0.2, 0) is 4.74 Å². The van der Waals surface area contributed by atoms with Gasteiger partial charge in [0.25, 0.3) is 0 Å². The number of rotatable bonds is 4. The Morgan fingerprint density at radius 3 is 2.47 bits per heavy atom. The molecule has 2 rings (SSSR count). The number of benzene rings is 1. The summed E-state index contributed by atoms with van der Waals surface area (Å²) in [7, 11) is 0. The first-order valence-corrected chi connectivity index (χ1v) is 6.62. The third kappa shape index (κ3) is 3.83. The molecule has 94 valence electrons. The largest absolute Gasteiger partial charge is 0.386 e. The number of ether oxygens (including phenoxy) is 1. The van der Waals surface area contributed by atoms with Crippen molar-refractivity contribution in [3.8, 4) is 0 Å². The smallest absolute Gasteiger partial charge is 0.102 e. The van der Waals surface area contributed by atoms with Crippen molar-refractivity contribution in [1.29, 1.82) is 0 Å². The molecule has 1 atom stereocenters. The molecule has 0 aromatic heterocycles. The molecular formula is C15H22O2. The van der Waals surface area contributed by atoms with Gasteiger partial charge in [-0.15, -0.1) is 0 Å². The second-order valence-electron chi connectivity index (χ2n) is 5.02. The van der Waals surface area contributed by atoms with Crippen LogP contribution < -0.4 is 0 Å². The molecule has 1 aliphatic carbocycles. The van der Waals surface area contributed by atoms with Gasteiger partial charge < -0.3 is 9.84 Å². The SMILES string of the molecule is Cc1ccc(C(O)COC2CCCCC2)cc1. The van der Waals surface area contributed by atoms with Gasteiger partial charge in [-0.05, 0) is 25.3 Å². The lowest BCUT2D eigenvalue weighted by Crippen LogP contribution is -2.20. The molecule has 0 amide bonds. The Labute approximate surface area is 104 Å². The van der Waals surface area contributed by atoms with Crippen LogP contribution in [0.1, 0.15) is 49.3 Å². The minimum Gasteiger partial charge on any atom is -0.386 e. The maximum absolute atomic E-state index is 10.0. The van der Waals surface area contributed by atoms with Gasteiger partial charge in [-0.2, -0.15) is 0 Å². The van der Waals surface area contributed by atoms with E-state index in [9.17, 15) is 5.11 Å². The van der Waals surface area contributed by atoms with E-state index in [0.717, 1.165) is 18.4 Å². The molecule has 2 heteroatoms. The topological polar surface area (TPSA) is 29.5 Å². The van der Waals surface area contributed by atoms with E-state index in [4.69, 9.17) is 4.74 Å². The van der Waals surface area contributed by atoms with Crippen molar-refractivity contribution in [2.45, 2.75) is 51.2 Å². The molecule has 1 N–H and O–H groups in total. The third-order valence-electron chi connectivity index (χ3n) is 3.50. The number of aliphatic hydroxyl groups excluding tert-OH is 1. The first-order chi connectivity index (χ1) is 8.25. The maximum atomic E-state index is 10.0. The van der Waals surface area contributed by atoms with Gasteiger partial charge in [0.1, 0.15) is 6.10 Å². The lowest BCUT2D eigenvalue weighted by molar-refractivity contribution is -0.0245. The van der Waals surface area contributed by atoms with Crippen molar-refractivity contribution in [3.05, 3.63) is 35.4 Å². The van der Waals surface area contributed by atoms with Gasteiger partial charge in [0.15, 0.2) is 0 Å². The number of hydrogen-bond acceptors (Lipinski definition) is 2. The van der Waals surface area contributed by atoms with Crippen molar-refractivity contribution >= 4 is 0 Å². The molecule has 1 saturated carbocycles. The van der Waals surface area contributed by atoms with Gasteiger partial charge in [0.2, 0.25) is 0 Å². The summed E-state index contributed by atoms with van der Waals surface area (Å²) in [6.07, 6.45) is 6.06. The van der Waals surface area contributed by atoms with Crippen molar-refractivity contribution in [2.24, 2.45) is 0 Å². The average molecular weight is 234 g/mol. The Hall–Kier alpha value is -0.860. The van der Waals surface area contributed by atoms with Crippen LogP contribution in [-0.4, -0.2) is 17.8 Å². The zero-order valence-corrected chi connectivity index (χ0v) is 10.6. The van der Waals surface area contributed by atoms with Crippen LogP contribution in [0.5, 0.6) is 0 Å². The highest BCUT2D eigenvalue weighted by atomic mass is 16.5. The van der Waals surface area contributed by atoms with Gasteiger partial charge in [-0.25, -0.2) is 0 Å². The van der Waals surface area contributed by atoms with E-state index in [-0.39, 0.29) is 0 Å². The molecule has 2 nitrogen and oxygen atoms in total. The lowest BCUT2D eigenvalue weighted by Gasteiger charge is -2.23. The number of aryl methyl sites for hydroxylation is 1. The Morgan fingerprint density at radius 2 is 1.82 bits per heavy atom. The predicted molar refractivity (Wildman–Crippen MR) is 69.0 cm³/mol. The molecule has 1 aromatic rings. The van der Waals surface area contributed by atoms with Crippen LogP contribution in [0.3, 0.4) is 0 Å². The van der Waals surface area contributed by atoms with Gasteiger partial charge in [0.05, 0.1) is 12.7 Å². The van der Waals surface area contributed by atoms with Crippen LogP contribution >= 0.6 is 0 Å². The quantitative estimate of drug-likeness (QED) is 0.865. The first kappa shape index (κ1) is 12.6. The van der Waals surface area contributed by atoms with E-state index >= 15 is 0 Å². The van der Waals surface area contributed by atoms with E-state index in [2.05, 4.69) is 6.92 Å². The highest BCUT2D eigenvalue weighted by molar-refractivity contribution is 5.23. The van der Waals surface area contributed by atoms with E-state index in [0.29, 0.717) is 12.7 Å².